The third-order valence-electron chi connectivity index (χ3n) is 8.15. The van der Waals surface area contributed by atoms with Gasteiger partial charge in [-0.25, -0.2) is 29.9 Å². The fourth-order valence-electron chi connectivity index (χ4n) is 4.93. The smallest absolute Gasteiger partial charge is 0.289 e. The van der Waals surface area contributed by atoms with Gasteiger partial charge in [-0.3, -0.25) is 29.4 Å². The quantitative estimate of drug-likeness (QED) is 0.0794. The zero-order valence-electron chi connectivity index (χ0n) is 35.0. The number of ether oxygens (including phenoxy) is 1. The topological polar surface area (TPSA) is 267 Å². The number of methoxy groups -OCH3 is 1. The van der Waals surface area contributed by atoms with Gasteiger partial charge in [-0.15, -0.1) is 0 Å². The van der Waals surface area contributed by atoms with Crippen molar-refractivity contribution in [2.24, 2.45) is 0 Å². The van der Waals surface area contributed by atoms with Crippen LogP contribution in [0.3, 0.4) is 0 Å². The molecule has 0 saturated carbocycles. The summed E-state index contributed by atoms with van der Waals surface area (Å²) in [6.45, 7) is 9.64. The van der Waals surface area contributed by atoms with E-state index in [-0.39, 0.29) is 51.1 Å². The summed E-state index contributed by atoms with van der Waals surface area (Å²) in [6, 6.07) is 5.78. The van der Waals surface area contributed by atoms with Crippen LogP contribution < -0.4 is 16.8 Å². The van der Waals surface area contributed by atoms with Gasteiger partial charge in [0.25, 0.3) is 17.3 Å². The lowest BCUT2D eigenvalue weighted by molar-refractivity contribution is -0.385. The van der Waals surface area contributed by atoms with Gasteiger partial charge in [0, 0.05) is 61.2 Å². The highest BCUT2D eigenvalue weighted by molar-refractivity contribution is 9.09. The molecule has 0 bridgehead atoms. The van der Waals surface area contributed by atoms with Crippen molar-refractivity contribution in [3.8, 4) is 0 Å². The van der Waals surface area contributed by atoms with E-state index in [2.05, 4.69) is 51.2 Å². The molecule has 5 N–H and O–H groups in total. The number of pyridine rings is 4. The van der Waals surface area contributed by atoms with Crippen molar-refractivity contribution in [3.05, 3.63) is 148 Å². The van der Waals surface area contributed by atoms with Gasteiger partial charge in [0.2, 0.25) is 0 Å². The average Bonchev–Trinajstić information content (AvgIpc) is 3.94. The number of nitrogens with zero attached hydrogens (tertiary/aromatic N) is 11. The van der Waals surface area contributed by atoms with Gasteiger partial charge in [0.05, 0.1) is 76.9 Å². The lowest BCUT2D eigenvalue weighted by Crippen LogP contribution is -2.23. The minimum atomic E-state index is -0.585. The van der Waals surface area contributed by atoms with Crippen molar-refractivity contribution >= 4 is 125 Å². The number of aromatic nitrogens is 9. The minimum Gasteiger partial charge on any atom is -0.397 e. The van der Waals surface area contributed by atoms with E-state index in [0.29, 0.717) is 32.7 Å². The number of alkyl halides is 1. The van der Waals surface area contributed by atoms with Crippen molar-refractivity contribution in [2.75, 3.05) is 29.2 Å². The Balaban J connectivity index is 0.000000228. The second kappa shape index (κ2) is 24.0. The normalized spacial score (nSPS) is 10.5. The van der Waals surface area contributed by atoms with Gasteiger partial charge in [0.15, 0.2) is 16.9 Å². The summed E-state index contributed by atoms with van der Waals surface area (Å²) < 4.78 is 10.2. The van der Waals surface area contributed by atoms with Crippen molar-refractivity contribution in [3.63, 3.8) is 0 Å². The largest absolute Gasteiger partial charge is 0.397 e. The first-order valence-electron chi connectivity index (χ1n) is 18.3. The van der Waals surface area contributed by atoms with Gasteiger partial charge in [0.1, 0.15) is 22.9 Å². The van der Waals surface area contributed by atoms with E-state index in [9.17, 15) is 25.0 Å². The summed E-state index contributed by atoms with van der Waals surface area (Å²) in [4.78, 5) is 55.5. The Morgan fingerprint density at radius 2 is 1.20 bits per heavy atom. The van der Waals surface area contributed by atoms with Crippen LogP contribution in [0, 0.1) is 41.0 Å². The SMILES string of the molecule is C.COC(C)(C)CBr.Cc1cn2cc(N)cc(Cl)c2n1.Cc1cn2cc(NC(=O)c3cnc(Cl)cn3)cc(Cl)c2n1.Cc1cn2cc([N+](=O)[O-])cc(Cl)c2n1.Nc1ncc([N+](=O)[O-])cc1Cl. The number of hydrogen-bond acceptors (Lipinski definition) is 14. The van der Waals surface area contributed by atoms with Crippen LogP contribution in [-0.4, -0.2) is 76.9 Å². The maximum Gasteiger partial charge on any atom is 0.289 e. The molecule has 20 nitrogen and oxygen atoms in total. The second-order valence-corrected chi connectivity index (χ2v) is 16.5. The number of anilines is 3. The molecule has 8 aromatic rings. The Kier molecular flexibility index (Phi) is 19.8. The Morgan fingerprint density at radius 1 is 0.712 bits per heavy atom. The van der Waals surface area contributed by atoms with Crippen LogP contribution in [0.1, 0.15) is 48.8 Å². The van der Waals surface area contributed by atoms with Crippen LogP contribution in [0.4, 0.5) is 28.6 Å². The maximum absolute atomic E-state index is 12.1. The number of aryl methyl sites for hydroxylation is 3. The van der Waals surface area contributed by atoms with E-state index >= 15 is 0 Å². The van der Waals surface area contributed by atoms with Gasteiger partial charge in [-0.1, -0.05) is 81.4 Å². The number of fused-ring (bicyclic) bond motifs is 3. The average molecular weight is 1070 g/mol. The molecule has 26 heteroatoms. The number of imidazole rings is 3. The predicted octanol–water partition coefficient (Wildman–Crippen LogP) is 10.7. The number of nitrogens with one attached hydrogen (secondary N) is 1. The molecular formula is C40H42BrCl5N14O6. The number of nitrogens with two attached hydrogens (primary N) is 2. The molecule has 350 valence electrons. The molecule has 0 aromatic carbocycles. The van der Waals surface area contributed by atoms with Gasteiger partial charge < -0.3 is 30.3 Å². The fourth-order valence-corrected chi connectivity index (χ4v) is 6.19. The third kappa shape index (κ3) is 15.3. The van der Waals surface area contributed by atoms with Crippen LogP contribution in [0.15, 0.2) is 80.0 Å². The molecule has 8 rings (SSSR count). The van der Waals surface area contributed by atoms with Gasteiger partial charge in [-0.2, -0.15) is 0 Å². The fraction of sp³-hybridized carbons (Fsp3) is 0.225. The van der Waals surface area contributed by atoms with Crippen molar-refractivity contribution < 1.29 is 19.4 Å². The molecule has 0 aliphatic heterocycles. The summed E-state index contributed by atoms with van der Waals surface area (Å²) in [5.41, 5.74) is 16.4. The summed E-state index contributed by atoms with van der Waals surface area (Å²) in [5, 5.41) is 25.9. The lowest BCUT2D eigenvalue weighted by atomic mass is 10.2. The Bertz CT molecular complexity index is 2980. The van der Waals surface area contributed by atoms with E-state index in [4.69, 9.17) is 74.2 Å². The van der Waals surface area contributed by atoms with E-state index in [1.165, 1.54) is 24.7 Å². The van der Waals surface area contributed by atoms with Gasteiger partial charge >= 0.3 is 0 Å². The molecule has 8 aromatic heterocycles. The van der Waals surface area contributed by atoms with Crippen molar-refractivity contribution in [1.82, 2.24) is 43.1 Å². The van der Waals surface area contributed by atoms with Crippen molar-refractivity contribution in [2.45, 2.75) is 47.6 Å². The molecule has 0 fully saturated rings. The Labute approximate surface area is 410 Å². The van der Waals surface area contributed by atoms with Crippen molar-refractivity contribution in [1.29, 1.82) is 0 Å². The highest BCUT2D eigenvalue weighted by atomic mass is 79.9. The molecular weight excluding hydrogens is 1030 g/mol. The summed E-state index contributed by atoms with van der Waals surface area (Å²) in [5.74, 6) is -0.302. The monoisotopic (exact) mass is 1070 g/mol. The maximum atomic E-state index is 12.1. The van der Waals surface area contributed by atoms with E-state index in [1.807, 2.05) is 44.5 Å². The second-order valence-electron chi connectivity index (χ2n) is 13.9. The number of halogens is 6. The number of amides is 1. The first kappa shape index (κ1) is 54.4. The molecule has 0 saturated heterocycles. The summed E-state index contributed by atoms with van der Waals surface area (Å²) in [7, 11) is 1.71. The highest BCUT2D eigenvalue weighted by Crippen LogP contribution is 2.25. The Morgan fingerprint density at radius 3 is 1.65 bits per heavy atom. The number of nitro groups is 2. The van der Waals surface area contributed by atoms with E-state index in [1.54, 1.807) is 53.6 Å². The molecule has 0 spiro atoms. The minimum absolute atomic E-state index is 0. The number of nitrogen functional groups attached to an aromatic ring is 2. The van der Waals surface area contributed by atoms with Crippen LogP contribution >= 0.6 is 73.9 Å². The van der Waals surface area contributed by atoms with Crippen LogP contribution in [0.2, 0.25) is 25.2 Å². The van der Waals surface area contributed by atoms with E-state index < -0.39 is 15.8 Å². The molecule has 0 aliphatic carbocycles. The summed E-state index contributed by atoms with van der Waals surface area (Å²) in [6.07, 6.45) is 14.0. The van der Waals surface area contributed by atoms with Crippen LogP contribution in [0.25, 0.3) is 16.9 Å². The zero-order valence-corrected chi connectivity index (χ0v) is 40.4. The molecule has 8 heterocycles. The molecule has 1 amide bonds. The summed E-state index contributed by atoms with van der Waals surface area (Å²) >= 11 is 32.3. The predicted molar refractivity (Wildman–Crippen MR) is 263 cm³/mol. The number of rotatable bonds is 6. The number of carbonyl (C=O) groups is 1. The van der Waals surface area contributed by atoms with E-state index in [0.717, 1.165) is 40.3 Å². The Hall–Kier alpha value is -5.94. The number of carbonyl (C=O) groups excluding carboxylic acids is 1. The molecule has 0 radical (unpaired) electrons. The molecule has 0 atom stereocenters. The lowest BCUT2D eigenvalue weighted by Gasteiger charge is -2.18. The first-order valence-corrected chi connectivity index (χ1v) is 21.3. The zero-order chi connectivity index (χ0) is 48.3. The van der Waals surface area contributed by atoms with Crippen LogP contribution in [0.5, 0.6) is 0 Å². The number of hydrogen-bond donors (Lipinski definition) is 3. The van der Waals surface area contributed by atoms with Gasteiger partial charge in [-0.05, 0) is 46.8 Å². The van der Waals surface area contributed by atoms with Crippen LogP contribution in [-0.2, 0) is 4.74 Å². The first-order chi connectivity index (χ1) is 30.5. The third-order valence-corrected chi connectivity index (χ3v) is 10.8. The molecule has 0 aliphatic rings. The molecule has 66 heavy (non-hydrogen) atoms. The standard InChI is InChI=1S/C13H9Cl2N5O.C8H6ClN3O2.C8H8ClN3.C5H11BrO.C5H4ClN3O2.CH4/c1-7-5-20-6-8(2-9(14)12(20)18-7)19-13(21)10-3-17-11(15)4-16-10;1-5-3-11-4-6(12(13)14)2-7(9)8(11)10-5;1-5-3-12-4-6(10)2-7(9)8(12)11-5;1-5(2,4-6)7-3;6-4-1-3(9(10)11)2-8-5(4)7;/h2-6H,1H3,(H,19,21);2-4H,1H3;2-4H,10H2,1H3;4H2,1-3H3;1-2H,(H2,7,8);1H4. The highest BCUT2D eigenvalue weighted by Gasteiger charge is 2.14. The molecule has 0 unspecified atom stereocenters.